The quantitative estimate of drug-likeness (QED) is 0.537. The predicted octanol–water partition coefficient (Wildman–Crippen LogP) is 1.51. The number of aromatic nitrogens is 1. The molecule has 4 rings (SSSR count). The van der Waals surface area contributed by atoms with Gasteiger partial charge >= 0.3 is 11.9 Å². The largest absolute Gasteiger partial charge is 0.468 e. The summed E-state index contributed by atoms with van der Waals surface area (Å²) in [4.78, 5) is 39.6. The Hall–Kier alpha value is -3.79. The van der Waals surface area contributed by atoms with Crippen LogP contribution < -0.4 is 20.5 Å². The fraction of sp³-hybridized carbons (Fsp3) is 0.261. The first-order chi connectivity index (χ1) is 15.8. The number of nitrogens with zero attached hydrogens (tertiary/aromatic N) is 1. The normalized spacial score (nSPS) is 16.3. The number of rotatable bonds is 6. The summed E-state index contributed by atoms with van der Waals surface area (Å²) < 4.78 is 23.2. The number of carbonyl (C=O) groups is 2. The van der Waals surface area contributed by atoms with Gasteiger partial charge in [-0.25, -0.2) is 9.59 Å². The van der Waals surface area contributed by atoms with Crippen LogP contribution in [0.15, 0.2) is 56.0 Å². The molecule has 3 aromatic rings. The van der Waals surface area contributed by atoms with E-state index in [0.717, 1.165) is 15.9 Å². The number of hydrogen-bond donors (Lipinski definition) is 1. The van der Waals surface area contributed by atoms with Crippen LogP contribution in [-0.2, 0) is 19.1 Å². The van der Waals surface area contributed by atoms with E-state index in [-0.39, 0.29) is 32.8 Å². The maximum absolute atomic E-state index is 13.3. The SMILES string of the molecule is CCOC(=O)C1=C(N)n2c(sc(=Cc3ccco3)c2=O)=C(C(=O)OC(C)C)[C@@H]1c1ccco1. The summed E-state index contributed by atoms with van der Waals surface area (Å²) >= 11 is 1.04. The van der Waals surface area contributed by atoms with Crippen molar-refractivity contribution >= 4 is 40.7 Å². The van der Waals surface area contributed by atoms with Gasteiger partial charge in [0.25, 0.3) is 5.56 Å². The molecule has 172 valence electrons. The molecule has 0 amide bonds. The van der Waals surface area contributed by atoms with Crippen LogP contribution in [0.4, 0.5) is 0 Å². The molecule has 0 saturated carbocycles. The zero-order chi connectivity index (χ0) is 23.7. The molecule has 33 heavy (non-hydrogen) atoms. The minimum Gasteiger partial charge on any atom is -0.468 e. The van der Waals surface area contributed by atoms with Crippen molar-refractivity contribution < 1.29 is 27.9 Å². The molecule has 0 unspecified atom stereocenters. The highest BCUT2D eigenvalue weighted by Gasteiger charge is 2.41. The zero-order valence-electron chi connectivity index (χ0n) is 18.2. The van der Waals surface area contributed by atoms with E-state index in [1.54, 1.807) is 51.1 Å². The number of nitrogens with two attached hydrogens (primary N) is 1. The number of ether oxygens (including phenoxy) is 2. The summed E-state index contributed by atoms with van der Waals surface area (Å²) in [6.45, 7) is 5.14. The fourth-order valence-electron chi connectivity index (χ4n) is 3.57. The number of carbonyl (C=O) groups excluding carboxylic acids is 2. The molecule has 0 fully saturated rings. The number of esters is 2. The highest BCUT2D eigenvalue weighted by Crippen LogP contribution is 2.38. The molecule has 3 aromatic heterocycles. The Morgan fingerprint density at radius 3 is 2.52 bits per heavy atom. The third-order valence-corrected chi connectivity index (χ3v) is 5.96. The molecule has 9 nitrogen and oxygen atoms in total. The van der Waals surface area contributed by atoms with Crippen LogP contribution >= 0.6 is 11.3 Å². The van der Waals surface area contributed by atoms with E-state index in [0.29, 0.717) is 11.5 Å². The average Bonchev–Trinajstić information content (AvgIpc) is 3.50. The van der Waals surface area contributed by atoms with Crippen molar-refractivity contribution in [1.29, 1.82) is 0 Å². The standard InChI is InChI=1S/C23H22N2O7S/c1-4-29-22(27)17-16(14-8-6-10-31-14)18(23(28)32-12(2)3)21-25(19(17)24)20(26)15(33-21)11-13-7-5-9-30-13/h5-12,16H,4,24H2,1-3H3/t16-/m1/s1. The lowest BCUT2D eigenvalue weighted by molar-refractivity contribution is -0.140. The molecule has 1 aliphatic rings. The molecule has 0 bridgehead atoms. The lowest BCUT2D eigenvalue weighted by Crippen LogP contribution is -2.42. The topological polar surface area (TPSA) is 127 Å². The van der Waals surface area contributed by atoms with Crippen molar-refractivity contribution in [1.82, 2.24) is 4.57 Å². The van der Waals surface area contributed by atoms with Crippen LogP contribution in [0.5, 0.6) is 0 Å². The number of hydrogen-bond acceptors (Lipinski definition) is 9. The summed E-state index contributed by atoms with van der Waals surface area (Å²) in [5.74, 6) is -1.85. The number of thiazole rings is 1. The van der Waals surface area contributed by atoms with E-state index in [1.165, 1.54) is 12.5 Å². The Morgan fingerprint density at radius 1 is 1.18 bits per heavy atom. The van der Waals surface area contributed by atoms with Crippen LogP contribution in [-0.4, -0.2) is 29.2 Å². The smallest absolute Gasteiger partial charge is 0.338 e. The molecule has 0 radical (unpaired) electrons. The Labute approximate surface area is 192 Å². The van der Waals surface area contributed by atoms with Crippen molar-refractivity contribution in [3.63, 3.8) is 0 Å². The van der Waals surface area contributed by atoms with Gasteiger partial charge in [-0.1, -0.05) is 0 Å². The van der Waals surface area contributed by atoms with E-state index in [1.807, 2.05) is 0 Å². The number of furan rings is 2. The second-order valence-corrected chi connectivity index (χ2v) is 8.44. The lowest BCUT2D eigenvalue weighted by atomic mass is 9.87. The molecule has 1 aliphatic heterocycles. The van der Waals surface area contributed by atoms with Crippen molar-refractivity contribution in [3.05, 3.63) is 73.4 Å². The summed E-state index contributed by atoms with van der Waals surface area (Å²) in [6, 6.07) is 6.63. The van der Waals surface area contributed by atoms with E-state index in [2.05, 4.69) is 0 Å². The van der Waals surface area contributed by atoms with Gasteiger partial charge in [0.1, 0.15) is 22.0 Å². The first-order valence-electron chi connectivity index (χ1n) is 10.3. The maximum atomic E-state index is 13.3. The molecule has 4 heterocycles. The van der Waals surface area contributed by atoms with Crippen molar-refractivity contribution in [2.45, 2.75) is 32.8 Å². The first kappa shape index (κ1) is 22.4. The van der Waals surface area contributed by atoms with Crippen molar-refractivity contribution in [2.24, 2.45) is 5.73 Å². The molecule has 0 spiro atoms. The van der Waals surface area contributed by atoms with Gasteiger partial charge in [-0.2, -0.15) is 0 Å². The van der Waals surface area contributed by atoms with Crippen molar-refractivity contribution in [2.75, 3.05) is 6.61 Å². The second kappa shape index (κ2) is 8.99. The Balaban J connectivity index is 2.10. The van der Waals surface area contributed by atoms with Crippen LogP contribution in [0.25, 0.3) is 17.5 Å². The highest BCUT2D eigenvalue weighted by atomic mass is 32.1. The summed E-state index contributed by atoms with van der Waals surface area (Å²) in [5, 5.41) is 0. The third-order valence-electron chi connectivity index (χ3n) is 4.85. The van der Waals surface area contributed by atoms with E-state index < -0.39 is 29.5 Å². The first-order valence-corrected chi connectivity index (χ1v) is 11.1. The molecule has 0 saturated heterocycles. The van der Waals surface area contributed by atoms with Gasteiger partial charge in [-0.05, 0) is 45.0 Å². The number of fused-ring (bicyclic) bond motifs is 1. The van der Waals surface area contributed by atoms with Gasteiger partial charge in [0.2, 0.25) is 0 Å². The Bertz CT molecular complexity index is 1390. The maximum Gasteiger partial charge on any atom is 0.338 e. The molecular weight excluding hydrogens is 448 g/mol. The molecule has 10 heteroatoms. The van der Waals surface area contributed by atoms with E-state index in [9.17, 15) is 14.4 Å². The minimum absolute atomic E-state index is 0.0668. The van der Waals surface area contributed by atoms with Gasteiger partial charge in [0.05, 0.1) is 46.8 Å². The van der Waals surface area contributed by atoms with Gasteiger partial charge < -0.3 is 24.0 Å². The van der Waals surface area contributed by atoms with E-state index >= 15 is 0 Å². The van der Waals surface area contributed by atoms with Gasteiger partial charge in [-0.3, -0.25) is 9.36 Å². The van der Waals surface area contributed by atoms with Gasteiger partial charge in [0, 0.05) is 6.08 Å². The predicted molar refractivity (Wildman–Crippen MR) is 120 cm³/mol. The third kappa shape index (κ3) is 4.05. The summed E-state index contributed by atoms with van der Waals surface area (Å²) in [7, 11) is 0. The second-order valence-electron chi connectivity index (χ2n) is 7.41. The average molecular weight is 471 g/mol. The lowest BCUT2D eigenvalue weighted by Gasteiger charge is -2.25. The van der Waals surface area contributed by atoms with Crippen LogP contribution in [0, 0.1) is 0 Å². The Morgan fingerprint density at radius 2 is 1.91 bits per heavy atom. The van der Waals surface area contributed by atoms with Crippen molar-refractivity contribution in [3.8, 4) is 0 Å². The summed E-state index contributed by atoms with van der Waals surface area (Å²) in [6.07, 6.45) is 4.01. The zero-order valence-corrected chi connectivity index (χ0v) is 19.0. The van der Waals surface area contributed by atoms with Crippen LogP contribution in [0.1, 0.15) is 38.2 Å². The Kier molecular flexibility index (Phi) is 6.10. The fourth-order valence-corrected chi connectivity index (χ4v) is 4.72. The molecular formula is C23H22N2O7S. The highest BCUT2D eigenvalue weighted by molar-refractivity contribution is 7.07. The minimum atomic E-state index is -1.01. The molecule has 2 N–H and O–H groups in total. The van der Waals surface area contributed by atoms with Gasteiger partial charge in [0.15, 0.2) is 0 Å². The van der Waals surface area contributed by atoms with Gasteiger partial charge in [-0.15, -0.1) is 11.3 Å². The van der Waals surface area contributed by atoms with E-state index in [4.69, 9.17) is 24.0 Å². The molecule has 0 aromatic carbocycles. The summed E-state index contributed by atoms with van der Waals surface area (Å²) in [5.41, 5.74) is 5.87. The van der Waals surface area contributed by atoms with Crippen LogP contribution in [0.2, 0.25) is 0 Å². The molecule has 1 atom stereocenters. The monoisotopic (exact) mass is 470 g/mol. The molecule has 0 aliphatic carbocycles. The van der Waals surface area contributed by atoms with Crippen LogP contribution in [0.3, 0.4) is 0 Å².